The summed E-state index contributed by atoms with van der Waals surface area (Å²) in [5.41, 5.74) is 5.29. The number of benzene rings is 3. The standard InChI is InChI=1S/C20H21N/c1-3-21-14-19-9-8-15(2)12-20(19)18-11-10-16-6-4-5-7-17(16)13-18/h4-13,21H,3,14H2,1-2H3. The van der Waals surface area contributed by atoms with E-state index in [1.807, 2.05) is 0 Å². The molecule has 0 amide bonds. The SMILES string of the molecule is CCNCc1ccc(C)cc1-c1ccc2ccccc2c1. The summed E-state index contributed by atoms with van der Waals surface area (Å²) in [6.07, 6.45) is 0. The van der Waals surface area contributed by atoms with Crippen LogP contribution in [0.3, 0.4) is 0 Å². The Kier molecular flexibility index (Phi) is 4.03. The van der Waals surface area contributed by atoms with E-state index in [1.54, 1.807) is 0 Å². The normalized spacial score (nSPS) is 11.0. The molecule has 21 heavy (non-hydrogen) atoms. The zero-order valence-corrected chi connectivity index (χ0v) is 12.7. The average Bonchev–Trinajstić information content (AvgIpc) is 2.53. The summed E-state index contributed by atoms with van der Waals surface area (Å²) in [6.45, 7) is 6.20. The van der Waals surface area contributed by atoms with E-state index in [0.29, 0.717) is 0 Å². The first-order valence-electron chi connectivity index (χ1n) is 7.57. The van der Waals surface area contributed by atoms with Gasteiger partial charge < -0.3 is 5.32 Å². The summed E-state index contributed by atoms with van der Waals surface area (Å²) >= 11 is 0. The van der Waals surface area contributed by atoms with Crippen LogP contribution < -0.4 is 5.32 Å². The van der Waals surface area contributed by atoms with Crippen molar-refractivity contribution in [3.63, 3.8) is 0 Å². The van der Waals surface area contributed by atoms with E-state index in [2.05, 4.69) is 79.8 Å². The van der Waals surface area contributed by atoms with Gasteiger partial charge in [-0.3, -0.25) is 0 Å². The highest BCUT2D eigenvalue weighted by Gasteiger charge is 2.06. The number of nitrogens with one attached hydrogen (secondary N) is 1. The van der Waals surface area contributed by atoms with E-state index < -0.39 is 0 Å². The fourth-order valence-corrected chi connectivity index (χ4v) is 2.73. The van der Waals surface area contributed by atoms with Crippen LogP contribution in [0, 0.1) is 6.92 Å². The Balaban J connectivity index is 2.09. The molecule has 0 spiro atoms. The highest BCUT2D eigenvalue weighted by atomic mass is 14.8. The highest BCUT2D eigenvalue weighted by Crippen LogP contribution is 2.28. The van der Waals surface area contributed by atoms with Gasteiger partial charge in [0, 0.05) is 6.54 Å². The molecule has 1 heteroatoms. The van der Waals surface area contributed by atoms with Gasteiger partial charge in [-0.1, -0.05) is 67.1 Å². The lowest BCUT2D eigenvalue weighted by atomic mass is 9.95. The first-order valence-corrected chi connectivity index (χ1v) is 7.57. The Bertz CT molecular complexity index is 759. The minimum absolute atomic E-state index is 0.916. The topological polar surface area (TPSA) is 12.0 Å². The maximum Gasteiger partial charge on any atom is 0.0211 e. The van der Waals surface area contributed by atoms with Gasteiger partial charge in [0.2, 0.25) is 0 Å². The zero-order valence-electron chi connectivity index (χ0n) is 12.7. The third-order valence-electron chi connectivity index (χ3n) is 3.89. The van der Waals surface area contributed by atoms with Gasteiger partial charge in [-0.2, -0.15) is 0 Å². The minimum atomic E-state index is 0.916. The van der Waals surface area contributed by atoms with Crippen molar-refractivity contribution >= 4 is 10.8 Å². The summed E-state index contributed by atoms with van der Waals surface area (Å²) < 4.78 is 0. The average molecular weight is 275 g/mol. The van der Waals surface area contributed by atoms with E-state index in [4.69, 9.17) is 0 Å². The quantitative estimate of drug-likeness (QED) is 0.712. The molecule has 0 aliphatic heterocycles. The maximum atomic E-state index is 3.43. The van der Waals surface area contributed by atoms with Gasteiger partial charge in [-0.15, -0.1) is 0 Å². The molecule has 0 unspecified atom stereocenters. The number of aryl methyl sites for hydroxylation is 1. The molecule has 1 N–H and O–H groups in total. The summed E-state index contributed by atoms with van der Waals surface area (Å²) in [6, 6.07) is 22.0. The van der Waals surface area contributed by atoms with Crippen molar-refractivity contribution in [3.8, 4) is 11.1 Å². The van der Waals surface area contributed by atoms with E-state index in [0.717, 1.165) is 13.1 Å². The number of hydrogen-bond acceptors (Lipinski definition) is 1. The molecular weight excluding hydrogens is 254 g/mol. The van der Waals surface area contributed by atoms with Crippen LogP contribution in [-0.2, 0) is 6.54 Å². The minimum Gasteiger partial charge on any atom is -0.313 e. The molecule has 3 aromatic carbocycles. The predicted molar refractivity (Wildman–Crippen MR) is 91.5 cm³/mol. The van der Waals surface area contributed by atoms with E-state index in [1.165, 1.54) is 33.0 Å². The lowest BCUT2D eigenvalue weighted by Crippen LogP contribution is -2.12. The molecule has 0 aliphatic rings. The largest absolute Gasteiger partial charge is 0.313 e. The van der Waals surface area contributed by atoms with Gasteiger partial charge in [0.15, 0.2) is 0 Å². The molecule has 0 aliphatic carbocycles. The monoisotopic (exact) mass is 275 g/mol. The van der Waals surface area contributed by atoms with Crippen molar-refractivity contribution in [3.05, 3.63) is 71.8 Å². The van der Waals surface area contributed by atoms with Crippen LogP contribution in [0.25, 0.3) is 21.9 Å². The molecule has 106 valence electrons. The molecule has 0 atom stereocenters. The van der Waals surface area contributed by atoms with Crippen molar-refractivity contribution in [2.45, 2.75) is 20.4 Å². The molecular formula is C20H21N. The molecule has 3 rings (SSSR count). The third-order valence-corrected chi connectivity index (χ3v) is 3.89. The number of hydrogen-bond donors (Lipinski definition) is 1. The second kappa shape index (κ2) is 6.11. The molecule has 0 saturated heterocycles. The van der Waals surface area contributed by atoms with Crippen LogP contribution in [0.15, 0.2) is 60.7 Å². The number of fused-ring (bicyclic) bond motifs is 1. The van der Waals surface area contributed by atoms with Gasteiger partial charge in [-0.25, -0.2) is 0 Å². The van der Waals surface area contributed by atoms with Gasteiger partial charge in [0.25, 0.3) is 0 Å². The van der Waals surface area contributed by atoms with E-state index in [-0.39, 0.29) is 0 Å². The smallest absolute Gasteiger partial charge is 0.0211 e. The van der Waals surface area contributed by atoms with Crippen molar-refractivity contribution in [1.29, 1.82) is 0 Å². The third kappa shape index (κ3) is 2.98. The Morgan fingerprint density at radius 3 is 2.48 bits per heavy atom. The predicted octanol–water partition coefficient (Wildman–Crippen LogP) is 4.92. The van der Waals surface area contributed by atoms with Gasteiger partial charge in [0.1, 0.15) is 0 Å². The molecule has 0 fully saturated rings. The Labute approximate surface area is 126 Å². The Morgan fingerprint density at radius 2 is 1.67 bits per heavy atom. The number of rotatable bonds is 4. The summed E-state index contributed by atoms with van der Waals surface area (Å²) in [7, 11) is 0. The van der Waals surface area contributed by atoms with Crippen LogP contribution in [0.2, 0.25) is 0 Å². The lowest BCUT2D eigenvalue weighted by molar-refractivity contribution is 0.728. The van der Waals surface area contributed by atoms with Crippen LogP contribution in [-0.4, -0.2) is 6.54 Å². The van der Waals surface area contributed by atoms with Crippen LogP contribution in [0.4, 0.5) is 0 Å². The molecule has 0 aromatic heterocycles. The molecule has 0 radical (unpaired) electrons. The molecule has 0 heterocycles. The molecule has 1 nitrogen and oxygen atoms in total. The second-order valence-corrected chi connectivity index (χ2v) is 5.50. The fraction of sp³-hybridized carbons (Fsp3) is 0.200. The maximum absolute atomic E-state index is 3.43. The van der Waals surface area contributed by atoms with Crippen LogP contribution >= 0.6 is 0 Å². The lowest BCUT2D eigenvalue weighted by Gasteiger charge is -2.12. The fourth-order valence-electron chi connectivity index (χ4n) is 2.73. The molecule has 0 bridgehead atoms. The van der Waals surface area contributed by atoms with Crippen LogP contribution in [0.1, 0.15) is 18.1 Å². The highest BCUT2D eigenvalue weighted by molar-refractivity contribution is 5.87. The van der Waals surface area contributed by atoms with Crippen molar-refractivity contribution in [2.24, 2.45) is 0 Å². The zero-order chi connectivity index (χ0) is 14.7. The first kappa shape index (κ1) is 13.8. The summed E-state index contributed by atoms with van der Waals surface area (Å²) in [4.78, 5) is 0. The molecule has 0 saturated carbocycles. The first-order chi connectivity index (χ1) is 10.3. The van der Waals surface area contributed by atoms with Crippen molar-refractivity contribution in [2.75, 3.05) is 6.54 Å². The van der Waals surface area contributed by atoms with Gasteiger partial charge >= 0.3 is 0 Å². The second-order valence-electron chi connectivity index (χ2n) is 5.50. The van der Waals surface area contributed by atoms with Crippen LogP contribution in [0.5, 0.6) is 0 Å². The molecule has 3 aromatic rings. The van der Waals surface area contributed by atoms with Crippen molar-refractivity contribution in [1.82, 2.24) is 5.32 Å². The summed E-state index contributed by atoms with van der Waals surface area (Å²) in [5.74, 6) is 0. The van der Waals surface area contributed by atoms with Gasteiger partial charge in [-0.05, 0) is 47.0 Å². The Hall–Kier alpha value is -2.12. The van der Waals surface area contributed by atoms with Gasteiger partial charge in [0.05, 0.1) is 0 Å². The summed E-state index contributed by atoms with van der Waals surface area (Å²) in [5, 5.41) is 6.02. The van der Waals surface area contributed by atoms with Crippen molar-refractivity contribution < 1.29 is 0 Å². The van der Waals surface area contributed by atoms with E-state index in [9.17, 15) is 0 Å². The van der Waals surface area contributed by atoms with E-state index >= 15 is 0 Å². The Morgan fingerprint density at radius 1 is 0.857 bits per heavy atom.